The lowest BCUT2D eigenvalue weighted by molar-refractivity contribution is 0.235. The number of nitrogens with one attached hydrogen (secondary N) is 1. The van der Waals surface area contributed by atoms with E-state index in [1.165, 1.54) is 12.8 Å². The molecule has 0 aliphatic heterocycles. The Labute approximate surface area is 102 Å². The molecule has 0 aromatic rings. The largest absolute Gasteiger partial charge is 0.329 e. The SMILES string of the molecule is C=CCC(C)(C)CCC(C)(C)CNCCN. The van der Waals surface area contributed by atoms with Crippen LogP contribution in [0.5, 0.6) is 0 Å². The van der Waals surface area contributed by atoms with Crippen LogP contribution < -0.4 is 11.1 Å². The third-order valence-electron chi connectivity index (χ3n) is 3.10. The Hall–Kier alpha value is -0.340. The van der Waals surface area contributed by atoms with Gasteiger partial charge in [0.05, 0.1) is 0 Å². The highest BCUT2D eigenvalue weighted by atomic mass is 14.9. The van der Waals surface area contributed by atoms with E-state index in [0.29, 0.717) is 10.8 Å². The number of hydrogen-bond donors (Lipinski definition) is 2. The van der Waals surface area contributed by atoms with E-state index in [1.807, 2.05) is 6.08 Å². The maximum atomic E-state index is 5.47. The van der Waals surface area contributed by atoms with Gasteiger partial charge in [-0.05, 0) is 30.1 Å². The van der Waals surface area contributed by atoms with Gasteiger partial charge in [-0.2, -0.15) is 0 Å². The molecule has 0 saturated carbocycles. The molecule has 0 rings (SSSR count). The third-order valence-corrected chi connectivity index (χ3v) is 3.10. The van der Waals surface area contributed by atoms with Crippen LogP contribution >= 0.6 is 0 Å². The highest BCUT2D eigenvalue weighted by Gasteiger charge is 2.23. The van der Waals surface area contributed by atoms with Crippen molar-refractivity contribution >= 4 is 0 Å². The first kappa shape index (κ1) is 15.7. The quantitative estimate of drug-likeness (QED) is 0.468. The Morgan fingerprint density at radius 2 is 1.69 bits per heavy atom. The zero-order valence-corrected chi connectivity index (χ0v) is 11.6. The van der Waals surface area contributed by atoms with Crippen LogP contribution in [0.15, 0.2) is 12.7 Å². The highest BCUT2D eigenvalue weighted by molar-refractivity contribution is 4.82. The molecule has 0 spiro atoms. The molecule has 0 aliphatic carbocycles. The summed E-state index contributed by atoms with van der Waals surface area (Å²) < 4.78 is 0. The average molecular weight is 226 g/mol. The standard InChI is InChI=1S/C14H30N2/c1-6-7-13(2,3)8-9-14(4,5)12-16-11-10-15/h6,16H,1,7-12,15H2,2-5H3. The van der Waals surface area contributed by atoms with Gasteiger partial charge in [-0.25, -0.2) is 0 Å². The minimum atomic E-state index is 0.355. The van der Waals surface area contributed by atoms with Crippen LogP contribution in [-0.2, 0) is 0 Å². The van der Waals surface area contributed by atoms with Crippen molar-refractivity contribution in [1.29, 1.82) is 0 Å². The Morgan fingerprint density at radius 1 is 1.12 bits per heavy atom. The van der Waals surface area contributed by atoms with Gasteiger partial charge in [0.15, 0.2) is 0 Å². The summed E-state index contributed by atoms with van der Waals surface area (Å²) in [5.74, 6) is 0. The van der Waals surface area contributed by atoms with Gasteiger partial charge in [-0.15, -0.1) is 6.58 Å². The summed E-state index contributed by atoms with van der Waals surface area (Å²) in [6, 6.07) is 0. The molecular weight excluding hydrogens is 196 g/mol. The summed E-state index contributed by atoms with van der Waals surface area (Å²) in [6.45, 7) is 15.8. The maximum absolute atomic E-state index is 5.47. The fraction of sp³-hybridized carbons (Fsp3) is 0.857. The van der Waals surface area contributed by atoms with E-state index in [-0.39, 0.29) is 0 Å². The minimum absolute atomic E-state index is 0.355. The van der Waals surface area contributed by atoms with Gasteiger partial charge in [0.2, 0.25) is 0 Å². The van der Waals surface area contributed by atoms with Gasteiger partial charge in [0.25, 0.3) is 0 Å². The molecule has 0 unspecified atom stereocenters. The molecule has 0 fully saturated rings. The Bertz CT molecular complexity index is 195. The van der Waals surface area contributed by atoms with Gasteiger partial charge >= 0.3 is 0 Å². The topological polar surface area (TPSA) is 38.0 Å². The first-order valence-corrected chi connectivity index (χ1v) is 6.35. The molecule has 0 atom stereocenters. The van der Waals surface area contributed by atoms with E-state index in [9.17, 15) is 0 Å². The van der Waals surface area contributed by atoms with Crippen LogP contribution in [0.2, 0.25) is 0 Å². The normalized spacial score (nSPS) is 12.8. The Morgan fingerprint density at radius 3 is 2.19 bits per heavy atom. The van der Waals surface area contributed by atoms with E-state index in [1.54, 1.807) is 0 Å². The lowest BCUT2D eigenvalue weighted by Crippen LogP contribution is -2.33. The molecule has 0 saturated heterocycles. The molecular formula is C14H30N2. The average Bonchev–Trinajstić information content (AvgIpc) is 2.16. The van der Waals surface area contributed by atoms with Crippen molar-refractivity contribution in [1.82, 2.24) is 5.32 Å². The molecule has 0 bridgehead atoms. The molecule has 2 heteroatoms. The van der Waals surface area contributed by atoms with Gasteiger partial charge < -0.3 is 11.1 Å². The molecule has 16 heavy (non-hydrogen) atoms. The third kappa shape index (κ3) is 7.89. The van der Waals surface area contributed by atoms with Gasteiger partial charge in [0, 0.05) is 19.6 Å². The van der Waals surface area contributed by atoms with Crippen LogP contribution in [0.3, 0.4) is 0 Å². The van der Waals surface area contributed by atoms with Crippen molar-refractivity contribution in [2.24, 2.45) is 16.6 Å². The first-order chi connectivity index (χ1) is 7.33. The number of nitrogens with two attached hydrogens (primary N) is 1. The fourth-order valence-electron chi connectivity index (χ4n) is 1.79. The lowest BCUT2D eigenvalue weighted by Gasteiger charge is -2.31. The summed E-state index contributed by atoms with van der Waals surface area (Å²) in [7, 11) is 0. The van der Waals surface area contributed by atoms with Gasteiger partial charge in [-0.3, -0.25) is 0 Å². The van der Waals surface area contributed by atoms with E-state index in [2.05, 4.69) is 39.6 Å². The molecule has 0 radical (unpaired) electrons. The lowest BCUT2D eigenvalue weighted by atomic mass is 9.77. The van der Waals surface area contributed by atoms with Crippen molar-refractivity contribution < 1.29 is 0 Å². The second-order valence-electron chi connectivity index (χ2n) is 6.29. The van der Waals surface area contributed by atoms with Crippen LogP contribution in [0.4, 0.5) is 0 Å². The predicted octanol–water partition coefficient (Wildman–Crippen LogP) is 2.94. The van der Waals surface area contributed by atoms with Crippen LogP contribution in [0.25, 0.3) is 0 Å². The van der Waals surface area contributed by atoms with Crippen molar-refractivity contribution in [2.45, 2.75) is 47.0 Å². The monoisotopic (exact) mass is 226 g/mol. The second kappa shape index (κ2) is 7.08. The van der Waals surface area contributed by atoms with E-state index in [4.69, 9.17) is 5.73 Å². The van der Waals surface area contributed by atoms with Crippen molar-refractivity contribution in [3.8, 4) is 0 Å². The highest BCUT2D eigenvalue weighted by Crippen LogP contribution is 2.32. The molecule has 0 aromatic heterocycles. The Balaban J connectivity index is 3.92. The molecule has 0 amide bonds. The van der Waals surface area contributed by atoms with Crippen LogP contribution in [0.1, 0.15) is 47.0 Å². The van der Waals surface area contributed by atoms with Gasteiger partial charge in [0.1, 0.15) is 0 Å². The molecule has 3 N–H and O–H groups in total. The van der Waals surface area contributed by atoms with E-state index in [0.717, 1.165) is 26.1 Å². The van der Waals surface area contributed by atoms with E-state index >= 15 is 0 Å². The number of hydrogen-bond acceptors (Lipinski definition) is 2. The number of rotatable bonds is 9. The smallest absolute Gasteiger partial charge is 0.00747 e. The second-order valence-corrected chi connectivity index (χ2v) is 6.29. The summed E-state index contributed by atoms with van der Waals surface area (Å²) in [5, 5.41) is 3.40. The number of allylic oxidation sites excluding steroid dienone is 1. The predicted molar refractivity (Wildman–Crippen MR) is 73.5 cm³/mol. The summed E-state index contributed by atoms with van der Waals surface area (Å²) in [6.07, 6.45) is 5.61. The fourth-order valence-corrected chi connectivity index (χ4v) is 1.79. The van der Waals surface area contributed by atoms with Crippen LogP contribution in [0, 0.1) is 10.8 Å². The summed E-state index contributed by atoms with van der Waals surface area (Å²) >= 11 is 0. The molecule has 0 aliphatic rings. The van der Waals surface area contributed by atoms with Crippen molar-refractivity contribution in [2.75, 3.05) is 19.6 Å². The molecule has 0 aromatic carbocycles. The zero-order chi connectivity index (χ0) is 12.7. The van der Waals surface area contributed by atoms with Crippen molar-refractivity contribution in [3.05, 3.63) is 12.7 Å². The minimum Gasteiger partial charge on any atom is -0.329 e. The summed E-state index contributed by atoms with van der Waals surface area (Å²) in [4.78, 5) is 0. The molecule has 2 nitrogen and oxygen atoms in total. The molecule has 0 heterocycles. The van der Waals surface area contributed by atoms with E-state index < -0.39 is 0 Å². The maximum Gasteiger partial charge on any atom is 0.00747 e. The van der Waals surface area contributed by atoms with Gasteiger partial charge in [-0.1, -0.05) is 33.8 Å². The zero-order valence-electron chi connectivity index (χ0n) is 11.6. The van der Waals surface area contributed by atoms with Crippen LogP contribution in [-0.4, -0.2) is 19.6 Å². The van der Waals surface area contributed by atoms with Crippen molar-refractivity contribution in [3.63, 3.8) is 0 Å². The Kier molecular flexibility index (Phi) is 6.93. The first-order valence-electron chi connectivity index (χ1n) is 6.35. The molecule has 96 valence electrons. The summed E-state index contributed by atoms with van der Waals surface area (Å²) in [5.41, 5.74) is 6.20.